The van der Waals surface area contributed by atoms with Crippen LogP contribution < -0.4 is 15.0 Å². The third-order valence-corrected chi connectivity index (χ3v) is 4.75. The van der Waals surface area contributed by atoms with E-state index in [4.69, 9.17) is 4.74 Å². The molecule has 1 fully saturated rings. The first-order chi connectivity index (χ1) is 14.7. The molecule has 0 atom stereocenters. The summed E-state index contributed by atoms with van der Waals surface area (Å²) in [6.07, 6.45) is 3.40. The lowest BCUT2D eigenvalue weighted by molar-refractivity contribution is -0.133. The molecule has 154 valence electrons. The predicted octanol–water partition coefficient (Wildman–Crippen LogP) is 2.48. The number of para-hydroxylation sites is 1. The molecule has 1 N–H and O–H groups in total. The first-order valence-corrected chi connectivity index (χ1v) is 9.60. The molecular weight excluding hydrogens is 387 g/mol. The number of amides is 1. The van der Waals surface area contributed by atoms with Crippen molar-refractivity contribution in [1.82, 2.24) is 20.1 Å². The summed E-state index contributed by atoms with van der Waals surface area (Å²) in [5.74, 6) is 0.839. The highest BCUT2D eigenvalue weighted by Crippen LogP contribution is 2.18. The summed E-state index contributed by atoms with van der Waals surface area (Å²) in [6.45, 7) is 2.17. The van der Waals surface area contributed by atoms with Gasteiger partial charge in [0, 0.05) is 44.3 Å². The van der Waals surface area contributed by atoms with Crippen LogP contribution in [0, 0.1) is 5.82 Å². The summed E-state index contributed by atoms with van der Waals surface area (Å²) >= 11 is 0. The summed E-state index contributed by atoms with van der Waals surface area (Å²) < 4.78 is 18.9. The van der Waals surface area contributed by atoms with Crippen molar-refractivity contribution in [1.29, 1.82) is 0 Å². The normalized spacial score (nSPS) is 13.8. The van der Waals surface area contributed by atoms with Crippen LogP contribution in [-0.2, 0) is 4.79 Å². The lowest BCUT2D eigenvalue weighted by atomic mass is 10.3. The molecule has 1 amide bonds. The smallest absolute Gasteiger partial charge is 0.260 e. The van der Waals surface area contributed by atoms with E-state index >= 15 is 0 Å². The van der Waals surface area contributed by atoms with E-state index in [-0.39, 0.29) is 18.3 Å². The van der Waals surface area contributed by atoms with Crippen LogP contribution in [0.1, 0.15) is 0 Å². The fourth-order valence-corrected chi connectivity index (χ4v) is 3.12. The van der Waals surface area contributed by atoms with Crippen molar-refractivity contribution < 1.29 is 13.9 Å². The molecule has 0 bridgehead atoms. The predicted molar refractivity (Wildman–Crippen MR) is 110 cm³/mol. The molecule has 1 aliphatic heterocycles. The molecule has 2 aromatic heterocycles. The standard InChI is InChI=1S/C21H21FN6O2/c22-17-3-1-2-4-18(17)30-15-21(29)28-13-11-27(12-14-28)20-6-5-19(25-26-20)24-16-7-9-23-10-8-16/h1-10H,11-15H2,(H,23,24,25). The molecule has 0 spiro atoms. The van der Waals surface area contributed by atoms with Gasteiger partial charge in [-0.1, -0.05) is 12.1 Å². The van der Waals surface area contributed by atoms with Gasteiger partial charge in [-0.25, -0.2) is 4.39 Å². The number of carbonyl (C=O) groups excluding carboxylic acids is 1. The van der Waals surface area contributed by atoms with Gasteiger partial charge in [0.2, 0.25) is 0 Å². The van der Waals surface area contributed by atoms with Crippen molar-refractivity contribution in [3.63, 3.8) is 0 Å². The number of hydrogen-bond donors (Lipinski definition) is 1. The maximum atomic E-state index is 13.6. The van der Waals surface area contributed by atoms with Crippen molar-refractivity contribution in [3.05, 3.63) is 66.7 Å². The fourth-order valence-electron chi connectivity index (χ4n) is 3.12. The number of piperazine rings is 1. The van der Waals surface area contributed by atoms with E-state index in [1.807, 2.05) is 24.3 Å². The Morgan fingerprint density at radius 3 is 2.47 bits per heavy atom. The van der Waals surface area contributed by atoms with Crippen LogP contribution in [0.15, 0.2) is 60.9 Å². The van der Waals surface area contributed by atoms with Gasteiger partial charge >= 0.3 is 0 Å². The zero-order valence-electron chi connectivity index (χ0n) is 16.2. The Hall–Kier alpha value is -3.75. The average molecular weight is 408 g/mol. The number of pyridine rings is 1. The van der Waals surface area contributed by atoms with Gasteiger partial charge in [-0.2, -0.15) is 0 Å². The average Bonchev–Trinajstić information content (AvgIpc) is 2.80. The van der Waals surface area contributed by atoms with Gasteiger partial charge in [-0.3, -0.25) is 9.78 Å². The van der Waals surface area contributed by atoms with Crippen LogP contribution in [-0.4, -0.2) is 58.8 Å². The van der Waals surface area contributed by atoms with Crippen LogP contribution in [0.2, 0.25) is 0 Å². The van der Waals surface area contributed by atoms with E-state index in [2.05, 4.69) is 25.4 Å². The molecule has 0 saturated carbocycles. The lowest BCUT2D eigenvalue weighted by Gasteiger charge is -2.35. The van der Waals surface area contributed by atoms with Crippen molar-refractivity contribution in [2.45, 2.75) is 0 Å². The monoisotopic (exact) mass is 408 g/mol. The second-order valence-electron chi connectivity index (χ2n) is 6.72. The number of carbonyl (C=O) groups is 1. The van der Waals surface area contributed by atoms with Crippen molar-refractivity contribution in [2.75, 3.05) is 43.0 Å². The second kappa shape index (κ2) is 9.17. The largest absolute Gasteiger partial charge is 0.481 e. The Morgan fingerprint density at radius 1 is 1.00 bits per heavy atom. The Kier molecular flexibility index (Phi) is 5.98. The number of nitrogens with zero attached hydrogens (tertiary/aromatic N) is 5. The second-order valence-corrected chi connectivity index (χ2v) is 6.72. The summed E-state index contributed by atoms with van der Waals surface area (Å²) in [5, 5.41) is 11.7. The summed E-state index contributed by atoms with van der Waals surface area (Å²) in [4.78, 5) is 20.1. The highest BCUT2D eigenvalue weighted by Gasteiger charge is 2.22. The van der Waals surface area contributed by atoms with E-state index in [0.717, 1.165) is 11.5 Å². The van der Waals surface area contributed by atoms with Crippen LogP contribution in [0.3, 0.4) is 0 Å². The summed E-state index contributed by atoms with van der Waals surface area (Å²) in [5.41, 5.74) is 0.886. The molecule has 3 heterocycles. The Balaban J connectivity index is 1.27. The molecule has 1 saturated heterocycles. The van der Waals surface area contributed by atoms with E-state index < -0.39 is 5.82 Å². The van der Waals surface area contributed by atoms with Gasteiger partial charge in [-0.15, -0.1) is 10.2 Å². The van der Waals surface area contributed by atoms with Gasteiger partial charge in [0.15, 0.2) is 29.8 Å². The first kappa shape index (κ1) is 19.6. The Morgan fingerprint density at radius 2 is 1.77 bits per heavy atom. The highest BCUT2D eigenvalue weighted by atomic mass is 19.1. The highest BCUT2D eigenvalue weighted by molar-refractivity contribution is 5.78. The molecule has 8 nitrogen and oxygen atoms in total. The molecule has 0 aliphatic carbocycles. The zero-order chi connectivity index (χ0) is 20.8. The number of benzene rings is 1. The summed E-state index contributed by atoms with van der Waals surface area (Å²) in [7, 11) is 0. The van der Waals surface area contributed by atoms with E-state index in [0.29, 0.717) is 32.0 Å². The molecule has 9 heteroatoms. The SMILES string of the molecule is O=C(COc1ccccc1F)N1CCN(c2ccc(Nc3ccncc3)nn2)CC1. The minimum absolute atomic E-state index is 0.0835. The number of nitrogens with one attached hydrogen (secondary N) is 1. The molecule has 0 radical (unpaired) electrons. The molecule has 1 aromatic carbocycles. The van der Waals surface area contributed by atoms with Crippen molar-refractivity contribution in [2.24, 2.45) is 0 Å². The van der Waals surface area contributed by atoms with E-state index in [9.17, 15) is 9.18 Å². The van der Waals surface area contributed by atoms with Crippen LogP contribution in [0.4, 0.5) is 21.7 Å². The minimum atomic E-state index is -0.476. The molecular formula is C21H21FN6O2. The van der Waals surface area contributed by atoms with Gasteiger partial charge in [0.05, 0.1) is 0 Å². The van der Waals surface area contributed by atoms with Crippen molar-refractivity contribution in [3.8, 4) is 5.75 Å². The number of aromatic nitrogens is 3. The van der Waals surface area contributed by atoms with Crippen LogP contribution in [0.5, 0.6) is 5.75 Å². The third kappa shape index (κ3) is 4.80. The van der Waals surface area contributed by atoms with E-state index in [1.165, 1.54) is 12.1 Å². The molecule has 30 heavy (non-hydrogen) atoms. The topological polar surface area (TPSA) is 83.5 Å². The Bertz CT molecular complexity index is 978. The molecule has 3 aromatic rings. The maximum Gasteiger partial charge on any atom is 0.260 e. The van der Waals surface area contributed by atoms with Gasteiger partial charge in [0.1, 0.15) is 0 Å². The minimum Gasteiger partial charge on any atom is -0.481 e. The first-order valence-electron chi connectivity index (χ1n) is 9.60. The quantitative estimate of drug-likeness (QED) is 0.671. The number of halogens is 1. The maximum absolute atomic E-state index is 13.6. The summed E-state index contributed by atoms with van der Waals surface area (Å²) in [6, 6.07) is 13.5. The van der Waals surface area contributed by atoms with Crippen LogP contribution >= 0.6 is 0 Å². The third-order valence-electron chi connectivity index (χ3n) is 4.75. The lowest BCUT2D eigenvalue weighted by Crippen LogP contribution is -2.50. The van der Waals surface area contributed by atoms with Gasteiger partial charge < -0.3 is 19.9 Å². The molecule has 4 rings (SSSR count). The van der Waals surface area contributed by atoms with Gasteiger partial charge in [-0.05, 0) is 36.4 Å². The Labute approximate surface area is 173 Å². The molecule has 0 unspecified atom stereocenters. The van der Waals surface area contributed by atoms with Gasteiger partial charge in [0.25, 0.3) is 5.91 Å². The number of ether oxygens (including phenoxy) is 1. The number of rotatable bonds is 6. The number of anilines is 3. The number of hydrogen-bond acceptors (Lipinski definition) is 7. The van der Waals surface area contributed by atoms with E-state index in [1.54, 1.807) is 29.4 Å². The fraction of sp³-hybridized carbons (Fsp3) is 0.238. The zero-order valence-corrected chi connectivity index (χ0v) is 16.2. The molecule has 1 aliphatic rings. The van der Waals surface area contributed by atoms with Crippen LogP contribution in [0.25, 0.3) is 0 Å². The van der Waals surface area contributed by atoms with Crippen molar-refractivity contribution >= 4 is 23.2 Å².